The molecule has 1 unspecified atom stereocenters. The van der Waals surface area contributed by atoms with Crippen LogP contribution in [0.15, 0.2) is 18.2 Å². The molecule has 1 aromatic carbocycles. The lowest BCUT2D eigenvalue weighted by atomic mass is 10.1. The zero-order valence-electron chi connectivity index (χ0n) is 11.9. The maximum Gasteiger partial charge on any atom is 0.120 e. The Morgan fingerprint density at radius 3 is 2.79 bits per heavy atom. The van der Waals surface area contributed by atoms with Crippen LogP contribution in [-0.4, -0.2) is 38.2 Å². The van der Waals surface area contributed by atoms with Gasteiger partial charge < -0.3 is 15.0 Å². The summed E-state index contributed by atoms with van der Waals surface area (Å²) in [6.07, 6.45) is 2.66. The number of likely N-dealkylation sites (N-methyl/N-ethyl adjacent to an activating group) is 1. The molecule has 106 valence electrons. The normalized spacial score (nSPS) is 16.7. The van der Waals surface area contributed by atoms with Gasteiger partial charge in [-0.3, -0.25) is 0 Å². The van der Waals surface area contributed by atoms with Gasteiger partial charge in [0.25, 0.3) is 0 Å². The van der Waals surface area contributed by atoms with Crippen LogP contribution in [0.3, 0.4) is 0 Å². The summed E-state index contributed by atoms with van der Waals surface area (Å²) in [6.45, 7) is 3.77. The Morgan fingerprint density at radius 2 is 2.21 bits per heavy atom. The van der Waals surface area contributed by atoms with Crippen molar-refractivity contribution in [1.29, 1.82) is 0 Å². The average Bonchev–Trinajstić information content (AvgIpc) is 3.22. The van der Waals surface area contributed by atoms with E-state index in [2.05, 4.69) is 24.2 Å². The third-order valence-corrected chi connectivity index (χ3v) is 4.08. The first-order chi connectivity index (χ1) is 9.11. The molecule has 1 fully saturated rings. The molecule has 1 saturated carbocycles. The summed E-state index contributed by atoms with van der Waals surface area (Å²) in [5.41, 5.74) is 1.10. The van der Waals surface area contributed by atoms with E-state index in [9.17, 15) is 0 Å². The van der Waals surface area contributed by atoms with Crippen LogP contribution in [0.2, 0.25) is 5.02 Å². The SMILES string of the molecule is CNC(C)c1ccc(OCCN(C)C2CC2)cc1Cl. The Labute approximate surface area is 120 Å². The molecule has 1 atom stereocenters. The monoisotopic (exact) mass is 282 g/mol. The first kappa shape index (κ1) is 14.6. The highest BCUT2D eigenvalue weighted by Gasteiger charge is 2.25. The van der Waals surface area contributed by atoms with E-state index in [1.807, 2.05) is 25.2 Å². The Bertz CT molecular complexity index is 421. The molecule has 0 radical (unpaired) electrons. The molecule has 1 aromatic rings. The molecule has 0 bridgehead atoms. The second-order valence-electron chi connectivity index (χ2n) is 5.25. The van der Waals surface area contributed by atoms with Crippen molar-refractivity contribution >= 4 is 11.6 Å². The molecule has 19 heavy (non-hydrogen) atoms. The van der Waals surface area contributed by atoms with Gasteiger partial charge in [0.15, 0.2) is 0 Å². The van der Waals surface area contributed by atoms with Crippen molar-refractivity contribution in [3.05, 3.63) is 28.8 Å². The Balaban J connectivity index is 1.85. The largest absolute Gasteiger partial charge is 0.492 e. The Morgan fingerprint density at radius 1 is 1.47 bits per heavy atom. The second kappa shape index (κ2) is 6.60. The maximum atomic E-state index is 6.27. The fraction of sp³-hybridized carbons (Fsp3) is 0.600. The van der Waals surface area contributed by atoms with Gasteiger partial charge in [-0.05, 0) is 51.6 Å². The lowest BCUT2D eigenvalue weighted by molar-refractivity contribution is 0.232. The molecule has 1 N–H and O–H groups in total. The first-order valence-electron chi connectivity index (χ1n) is 6.91. The van der Waals surface area contributed by atoms with Gasteiger partial charge in [0.1, 0.15) is 12.4 Å². The highest BCUT2D eigenvalue weighted by Crippen LogP contribution is 2.27. The molecule has 0 aliphatic heterocycles. The van der Waals surface area contributed by atoms with Gasteiger partial charge in [0.2, 0.25) is 0 Å². The molecule has 0 spiro atoms. The van der Waals surface area contributed by atoms with Crippen LogP contribution in [0, 0.1) is 0 Å². The minimum atomic E-state index is 0.252. The summed E-state index contributed by atoms with van der Waals surface area (Å²) < 4.78 is 5.76. The molecule has 2 rings (SSSR count). The summed E-state index contributed by atoms with van der Waals surface area (Å²) >= 11 is 6.27. The van der Waals surface area contributed by atoms with E-state index in [0.717, 1.165) is 28.9 Å². The number of rotatable bonds is 7. The first-order valence-corrected chi connectivity index (χ1v) is 7.29. The van der Waals surface area contributed by atoms with Gasteiger partial charge >= 0.3 is 0 Å². The fourth-order valence-electron chi connectivity index (χ4n) is 2.11. The van der Waals surface area contributed by atoms with E-state index in [-0.39, 0.29) is 6.04 Å². The molecular formula is C15H23ClN2O. The maximum absolute atomic E-state index is 6.27. The van der Waals surface area contributed by atoms with Crippen LogP contribution in [-0.2, 0) is 0 Å². The van der Waals surface area contributed by atoms with Crippen molar-refractivity contribution in [2.75, 3.05) is 27.2 Å². The van der Waals surface area contributed by atoms with Crippen LogP contribution in [0.1, 0.15) is 31.4 Å². The Kier molecular flexibility index (Phi) is 5.08. The van der Waals surface area contributed by atoms with Crippen LogP contribution in [0.4, 0.5) is 0 Å². The van der Waals surface area contributed by atoms with E-state index in [0.29, 0.717) is 6.61 Å². The van der Waals surface area contributed by atoms with E-state index >= 15 is 0 Å². The van der Waals surface area contributed by atoms with Gasteiger partial charge in [-0.2, -0.15) is 0 Å². The molecule has 0 heterocycles. The molecule has 1 aliphatic rings. The molecule has 3 nitrogen and oxygen atoms in total. The number of nitrogens with one attached hydrogen (secondary N) is 1. The minimum Gasteiger partial charge on any atom is -0.492 e. The Hall–Kier alpha value is -0.770. The topological polar surface area (TPSA) is 24.5 Å². The smallest absolute Gasteiger partial charge is 0.120 e. The van der Waals surface area contributed by atoms with Crippen molar-refractivity contribution in [3.8, 4) is 5.75 Å². The van der Waals surface area contributed by atoms with Gasteiger partial charge in [-0.15, -0.1) is 0 Å². The third kappa shape index (κ3) is 4.10. The van der Waals surface area contributed by atoms with Gasteiger partial charge in [0, 0.05) is 23.7 Å². The zero-order chi connectivity index (χ0) is 13.8. The van der Waals surface area contributed by atoms with Crippen molar-refractivity contribution in [1.82, 2.24) is 10.2 Å². The van der Waals surface area contributed by atoms with Gasteiger partial charge in [-0.25, -0.2) is 0 Å². The van der Waals surface area contributed by atoms with Crippen LogP contribution < -0.4 is 10.1 Å². The number of hydrogen-bond acceptors (Lipinski definition) is 3. The van der Waals surface area contributed by atoms with Gasteiger partial charge in [-0.1, -0.05) is 17.7 Å². The minimum absolute atomic E-state index is 0.252. The van der Waals surface area contributed by atoms with Crippen molar-refractivity contribution < 1.29 is 4.74 Å². The summed E-state index contributed by atoms with van der Waals surface area (Å²) in [7, 11) is 4.09. The van der Waals surface area contributed by atoms with Crippen LogP contribution in [0.25, 0.3) is 0 Å². The van der Waals surface area contributed by atoms with Crippen molar-refractivity contribution in [3.63, 3.8) is 0 Å². The predicted octanol–water partition coefficient (Wildman–Crippen LogP) is 3.09. The van der Waals surface area contributed by atoms with Gasteiger partial charge in [0.05, 0.1) is 0 Å². The van der Waals surface area contributed by atoms with Crippen molar-refractivity contribution in [2.24, 2.45) is 0 Å². The van der Waals surface area contributed by atoms with E-state index in [1.165, 1.54) is 12.8 Å². The highest BCUT2D eigenvalue weighted by atomic mass is 35.5. The van der Waals surface area contributed by atoms with E-state index in [4.69, 9.17) is 16.3 Å². The standard InChI is InChI=1S/C15H23ClN2O/c1-11(17-2)14-7-6-13(10-15(14)16)19-9-8-18(3)12-4-5-12/h6-7,10-12,17H,4-5,8-9H2,1-3H3. The molecule has 0 amide bonds. The molecular weight excluding hydrogens is 260 g/mol. The third-order valence-electron chi connectivity index (χ3n) is 3.75. The zero-order valence-corrected chi connectivity index (χ0v) is 12.7. The summed E-state index contributed by atoms with van der Waals surface area (Å²) in [6, 6.07) is 6.96. The summed E-state index contributed by atoms with van der Waals surface area (Å²) in [5.74, 6) is 0.848. The van der Waals surface area contributed by atoms with Crippen LogP contribution in [0.5, 0.6) is 5.75 Å². The van der Waals surface area contributed by atoms with Crippen molar-refractivity contribution in [2.45, 2.75) is 31.8 Å². The van der Waals surface area contributed by atoms with Crippen LogP contribution >= 0.6 is 11.6 Å². The lowest BCUT2D eigenvalue weighted by Gasteiger charge is -2.17. The number of nitrogens with zero attached hydrogens (tertiary/aromatic N) is 1. The second-order valence-corrected chi connectivity index (χ2v) is 5.66. The summed E-state index contributed by atoms with van der Waals surface area (Å²) in [5, 5.41) is 3.95. The molecule has 1 aliphatic carbocycles. The molecule has 0 saturated heterocycles. The van der Waals surface area contributed by atoms with E-state index in [1.54, 1.807) is 0 Å². The summed E-state index contributed by atoms with van der Waals surface area (Å²) in [4.78, 5) is 2.36. The average molecular weight is 283 g/mol. The van der Waals surface area contributed by atoms with E-state index < -0.39 is 0 Å². The molecule has 4 heteroatoms. The fourth-order valence-corrected chi connectivity index (χ4v) is 2.44. The number of benzene rings is 1. The number of ether oxygens (including phenoxy) is 1. The highest BCUT2D eigenvalue weighted by molar-refractivity contribution is 6.31. The number of halogens is 1. The molecule has 0 aromatic heterocycles. The predicted molar refractivity (Wildman–Crippen MR) is 80.1 cm³/mol. The quantitative estimate of drug-likeness (QED) is 0.832. The number of hydrogen-bond donors (Lipinski definition) is 1. The lowest BCUT2D eigenvalue weighted by Crippen LogP contribution is -2.26.